The molecule has 0 bridgehead atoms. The first kappa shape index (κ1) is 22.8. The lowest BCUT2D eigenvalue weighted by atomic mass is 10.1. The van der Waals surface area contributed by atoms with Crippen molar-refractivity contribution in [2.45, 2.75) is 44.8 Å². The van der Waals surface area contributed by atoms with Gasteiger partial charge in [-0.3, -0.25) is 9.08 Å². The van der Waals surface area contributed by atoms with Crippen molar-refractivity contribution in [3.05, 3.63) is 36.9 Å². The largest absolute Gasteiger partial charge is 0.381 e. The Labute approximate surface area is 190 Å². The fourth-order valence-corrected chi connectivity index (χ4v) is 4.13. The van der Waals surface area contributed by atoms with Crippen LogP contribution in [0.3, 0.4) is 0 Å². The van der Waals surface area contributed by atoms with Crippen LogP contribution in [-0.2, 0) is 21.3 Å². The molecule has 1 aliphatic rings. The molecule has 3 aromatic heterocycles. The van der Waals surface area contributed by atoms with Gasteiger partial charge in [0.1, 0.15) is 11.5 Å². The van der Waals surface area contributed by atoms with E-state index in [9.17, 15) is 0 Å². The van der Waals surface area contributed by atoms with Gasteiger partial charge in [0.15, 0.2) is 0 Å². The second kappa shape index (κ2) is 10.9. The van der Waals surface area contributed by atoms with Gasteiger partial charge >= 0.3 is 0 Å². The second-order valence-corrected chi connectivity index (χ2v) is 8.46. The Balaban J connectivity index is 1.27. The van der Waals surface area contributed by atoms with Crippen LogP contribution in [0.1, 0.15) is 32.6 Å². The molecule has 0 amide bonds. The molecule has 3 aromatic rings. The van der Waals surface area contributed by atoms with E-state index in [1.54, 1.807) is 0 Å². The fraction of sp³-hybridized carbons (Fsp3) is 0.583. The van der Waals surface area contributed by atoms with Crippen molar-refractivity contribution in [2.24, 2.45) is 7.05 Å². The number of rotatable bonds is 11. The molecule has 8 heteroatoms. The van der Waals surface area contributed by atoms with Gasteiger partial charge < -0.3 is 19.1 Å². The number of ether oxygens (including phenoxy) is 3. The SMILES string of the molecule is CCC(CCN(C)c1cnc2cc(-c3cnn(C)c3)ccn12)OCCOC1CCOCC1. The van der Waals surface area contributed by atoms with Crippen LogP contribution in [0.25, 0.3) is 16.8 Å². The zero-order valence-corrected chi connectivity index (χ0v) is 19.4. The third-order valence-electron chi connectivity index (χ3n) is 6.12. The normalized spacial score (nSPS) is 16.0. The molecule has 0 saturated carbocycles. The van der Waals surface area contributed by atoms with Gasteiger partial charge in [-0.05, 0) is 43.4 Å². The summed E-state index contributed by atoms with van der Waals surface area (Å²) in [4.78, 5) is 6.87. The number of hydrogen-bond donors (Lipinski definition) is 0. The Kier molecular flexibility index (Phi) is 7.78. The van der Waals surface area contributed by atoms with Gasteiger partial charge in [0.05, 0.1) is 37.8 Å². The highest BCUT2D eigenvalue weighted by atomic mass is 16.5. The van der Waals surface area contributed by atoms with Crippen LogP contribution in [-0.4, -0.2) is 71.4 Å². The van der Waals surface area contributed by atoms with Crippen LogP contribution in [0.2, 0.25) is 0 Å². The molecule has 8 nitrogen and oxygen atoms in total. The minimum absolute atomic E-state index is 0.229. The first-order chi connectivity index (χ1) is 15.6. The van der Waals surface area contributed by atoms with E-state index < -0.39 is 0 Å². The minimum atomic E-state index is 0.229. The van der Waals surface area contributed by atoms with E-state index >= 15 is 0 Å². The highest BCUT2D eigenvalue weighted by Crippen LogP contribution is 2.23. The number of aromatic nitrogens is 4. The predicted octanol–water partition coefficient (Wildman–Crippen LogP) is 3.55. The molecule has 1 saturated heterocycles. The van der Waals surface area contributed by atoms with E-state index in [0.29, 0.717) is 19.3 Å². The topological polar surface area (TPSA) is 66.1 Å². The number of imidazole rings is 1. The molecule has 0 N–H and O–H groups in total. The van der Waals surface area contributed by atoms with E-state index in [-0.39, 0.29) is 6.10 Å². The summed E-state index contributed by atoms with van der Waals surface area (Å²) in [5, 5.41) is 4.26. The summed E-state index contributed by atoms with van der Waals surface area (Å²) in [5.74, 6) is 1.08. The smallest absolute Gasteiger partial charge is 0.138 e. The van der Waals surface area contributed by atoms with Crippen LogP contribution in [0.5, 0.6) is 0 Å². The standard InChI is InChI=1S/C24H35N5O3/c1-4-21(31-13-14-32-22-7-11-30-12-8-22)6-9-27(2)24-17-25-23-15-19(5-10-29(23)24)20-16-26-28(3)18-20/h5,10,15-18,21-22H,4,6-9,11-14H2,1-3H3. The molecular formula is C24H35N5O3. The Morgan fingerprint density at radius 1 is 1.22 bits per heavy atom. The summed E-state index contributed by atoms with van der Waals surface area (Å²) in [6, 6.07) is 4.21. The average molecular weight is 442 g/mol. The molecule has 0 radical (unpaired) electrons. The molecular weight excluding hydrogens is 406 g/mol. The molecule has 4 heterocycles. The number of fused-ring (bicyclic) bond motifs is 1. The quantitative estimate of drug-likeness (QED) is 0.424. The summed E-state index contributed by atoms with van der Waals surface area (Å²) >= 11 is 0. The number of anilines is 1. The number of aryl methyl sites for hydroxylation is 1. The molecule has 0 spiro atoms. The van der Waals surface area contributed by atoms with E-state index in [4.69, 9.17) is 14.2 Å². The van der Waals surface area contributed by atoms with Crippen LogP contribution >= 0.6 is 0 Å². The first-order valence-corrected chi connectivity index (χ1v) is 11.6. The molecule has 1 atom stereocenters. The third kappa shape index (κ3) is 5.68. The molecule has 1 unspecified atom stereocenters. The summed E-state index contributed by atoms with van der Waals surface area (Å²) in [5.41, 5.74) is 3.14. The third-order valence-corrected chi connectivity index (χ3v) is 6.12. The lowest BCUT2D eigenvalue weighted by Gasteiger charge is -2.24. The predicted molar refractivity (Wildman–Crippen MR) is 125 cm³/mol. The molecule has 1 aliphatic heterocycles. The highest BCUT2D eigenvalue weighted by Gasteiger charge is 2.15. The van der Waals surface area contributed by atoms with E-state index in [0.717, 1.165) is 68.0 Å². The lowest BCUT2D eigenvalue weighted by molar-refractivity contribution is -0.0609. The Morgan fingerprint density at radius 3 is 2.81 bits per heavy atom. The van der Waals surface area contributed by atoms with Crippen molar-refractivity contribution in [1.29, 1.82) is 0 Å². The Morgan fingerprint density at radius 2 is 2.06 bits per heavy atom. The van der Waals surface area contributed by atoms with Crippen LogP contribution in [0, 0.1) is 0 Å². The van der Waals surface area contributed by atoms with Gasteiger partial charge in [0.25, 0.3) is 0 Å². The van der Waals surface area contributed by atoms with Crippen molar-refractivity contribution >= 4 is 11.5 Å². The highest BCUT2D eigenvalue weighted by molar-refractivity contribution is 5.67. The van der Waals surface area contributed by atoms with Crippen molar-refractivity contribution < 1.29 is 14.2 Å². The summed E-state index contributed by atoms with van der Waals surface area (Å²) < 4.78 is 21.3. The first-order valence-electron chi connectivity index (χ1n) is 11.6. The second-order valence-electron chi connectivity index (χ2n) is 8.46. The van der Waals surface area contributed by atoms with Crippen LogP contribution in [0.4, 0.5) is 5.82 Å². The molecule has 4 rings (SSSR count). The number of nitrogens with zero attached hydrogens (tertiary/aromatic N) is 5. The average Bonchev–Trinajstić information content (AvgIpc) is 3.45. The molecule has 32 heavy (non-hydrogen) atoms. The molecule has 0 aliphatic carbocycles. The Hall–Kier alpha value is -2.42. The maximum Gasteiger partial charge on any atom is 0.138 e. The van der Waals surface area contributed by atoms with Crippen LogP contribution < -0.4 is 4.90 Å². The number of pyridine rings is 1. The lowest BCUT2D eigenvalue weighted by Crippen LogP contribution is -2.27. The van der Waals surface area contributed by atoms with Gasteiger partial charge in [0, 0.05) is 51.8 Å². The zero-order valence-electron chi connectivity index (χ0n) is 19.4. The molecule has 1 fully saturated rings. The minimum Gasteiger partial charge on any atom is -0.381 e. The fourth-order valence-electron chi connectivity index (χ4n) is 4.13. The van der Waals surface area contributed by atoms with Gasteiger partial charge in [-0.25, -0.2) is 4.98 Å². The molecule has 174 valence electrons. The number of hydrogen-bond acceptors (Lipinski definition) is 6. The van der Waals surface area contributed by atoms with Crippen molar-refractivity contribution in [2.75, 3.05) is 44.9 Å². The van der Waals surface area contributed by atoms with Crippen molar-refractivity contribution in [1.82, 2.24) is 19.2 Å². The summed E-state index contributed by atoms with van der Waals surface area (Å²) in [7, 11) is 4.04. The zero-order chi connectivity index (χ0) is 22.3. The van der Waals surface area contributed by atoms with Gasteiger partial charge in [0.2, 0.25) is 0 Å². The summed E-state index contributed by atoms with van der Waals surface area (Å²) in [6.07, 6.45) is 12.4. The summed E-state index contributed by atoms with van der Waals surface area (Å²) in [6.45, 7) is 6.00. The van der Waals surface area contributed by atoms with Crippen molar-refractivity contribution in [3.63, 3.8) is 0 Å². The van der Waals surface area contributed by atoms with Gasteiger partial charge in [-0.2, -0.15) is 5.10 Å². The molecule has 0 aromatic carbocycles. The maximum absolute atomic E-state index is 6.09. The monoisotopic (exact) mass is 441 g/mol. The maximum atomic E-state index is 6.09. The van der Waals surface area contributed by atoms with Gasteiger partial charge in [-0.1, -0.05) is 6.92 Å². The van der Waals surface area contributed by atoms with E-state index in [2.05, 4.69) is 51.7 Å². The Bertz CT molecular complexity index is 979. The van der Waals surface area contributed by atoms with Crippen LogP contribution in [0.15, 0.2) is 36.9 Å². The van der Waals surface area contributed by atoms with E-state index in [1.807, 2.05) is 30.3 Å². The van der Waals surface area contributed by atoms with E-state index in [1.165, 1.54) is 0 Å². The van der Waals surface area contributed by atoms with Gasteiger partial charge in [-0.15, -0.1) is 0 Å². The van der Waals surface area contributed by atoms with Crippen molar-refractivity contribution in [3.8, 4) is 11.1 Å².